The fraction of sp³-hybridized carbons (Fsp3) is 0.222. The van der Waals surface area contributed by atoms with Crippen molar-refractivity contribution in [3.8, 4) is 11.5 Å². The lowest BCUT2D eigenvalue weighted by atomic mass is 9.84. The minimum atomic E-state index is -1.09. The van der Waals surface area contributed by atoms with E-state index in [1.807, 2.05) is 0 Å². The number of rotatable bonds is 5. The summed E-state index contributed by atoms with van der Waals surface area (Å²) in [6.45, 7) is -0.467. The SMILES string of the molecule is COc1cc(C2CC(=O)Nc3cc(OCC(=O)O)ccc32)ccc1F. The van der Waals surface area contributed by atoms with Gasteiger partial charge in [0, 0.05) is 24.1 Å². The number of halogens is 1. The summed E-state index contributed by atoms with van der Waals surface area (Å²) in [6, 6.07) is 9.52. The molecule has 1 unspecified atom stereocenters. The van der Waals surface area contributed by atoms with Gasteiger partial charge in [-0.2, -0.15) is 0 Å². The summed E-state index contributed by atoms with van der Waals surface area (Å²) in [5.74, 6) is -1.53. The Hall–Kier alpha value is -3.09. The van der Waals surface area contributed by atoms with Crippen molar-refractivity contribution < 1.29 is 28.6 Å². The smallest absolute Gasteiger partial charge is 0.341 e. The van der Waals surface area contributed by atoms with E-state index in [9.17, 15) is 14.0 Å². The molecule has 130 valence electrons. The molecule has 1 aliphatic heterocycles. The molecular formula is C18H16FNO5. The van der Waals surface area contributed by atoms with Crippen LogP contribution in [0.15, 0.2) is 36.4 Å². The lowest BCUT2D eigenvalue weighted by Gasteiger charge is -2.26. The highest BCUT2D eigenvalue weighted by Gasteiger charge is 2.27. The van der Waals surface area contributed by atoms with Crippen LogP contribution in [0.2, 0.25) is 0 Å². The topological polar surface area (TPSA) is 84.9 Å². The van der Waals surface area contributed by atoms with Crippen LogP contribution in [0.4, 0.5) is 10.1 Å². The Balaban J connectivity index is 1.96. The summed E-state index contributed by atoms with van der Waals surface area (Å²) in [6.07, 6.45) is 0.219. The van der Waals surface area contributed by atoms with Crippen LogP contribution < -0.4 is 14.8 Å². The van der Waals surface area contributed by atoms with Crippen molar-refractivity contribution in [2.24, 2.45) is 0 Å². The Morgan fingerprint density at radius 3 is 2.84 bits per heavy atom. The molecule has 1 atom stereocenters. The number of ether oxygens (including phenoxy) is 2. The van der Waals surface area contributed by atoms with Crippen LogP contribution in [0, 0.1) is 5.82 Å². The van der Waals surface area contributed by atoms with Gasteiger partial charge < -0.3 is 19.9 Å². The van der Waals surface area contributed by atoms with E-state index in [1.165, 1.54) is 13.2 Å². The van der Waals surface area contributed by atoms with Gasteiger partial charge >= 0.3 is 5.97 Å². The molecule has 0 bridgehead atoms. The van der Waals surface area contributed by atoms with Crippen LogP contribution in [0.5, 0.6) is 11.5 Å². The first kappa shape index (κ1) is 16.8. The third-order valence-corrected chi connectivity index (χ3v) is 4.00. The molecule has 0 fully saturated rings. The Kier molecular flexibility index (Phi) is 4.56. The summed E-state index contributed by atoms with van der Waals surface area (Å²) >= 11 is 0. The Labute approximate surface area is 143 Å². The van der Waals surface area contributed by atoms with E-state index >= 15 is 0 Å². The van der Waals surface area contributed by atoms with E-state index in [0.29, 0.717) is 11.4 Å². The number of carboxylic acid groups (broad SMARTS) is 1. The molecule has 0 aliphatic carbocycles. The van der Waals surface area contributed by atoms with Crippen molar-refractivity contribution in [1.29, 1.82) is 0 Å². The second kappa shape index (κ2) is 6.80. The largest absolute Gasteiger partial charge is 0.494 e. The predicted molar refractivity (Wildman–Crippen MR) is 87.6 cm³/mol. The monoisotopic (exact) mass is 345 g/mol. The number of amides is 1. The van der Waals surface area contributed by atoms with Crippen LogP contribution in [0.3, 0.4) is 0 Å². The highest BCUT2D eigenvalue weighted by atomic mass is 19.1. The standard InChI is InChI=1S/C18H16FNO5/c1-24-16-6-10(2-5-14(16)19)13-8-17(21)20-15-7-11(3-4-12(13)15)25-9-18(22)23/h2-7,13H,8-9H2,1H3,(H,20,21)(H,22,23). The molecule has 6 nitrogen and oxygen atoms in total. The van der Waals surface area contributed by atoms with Crippen LogP contribution in [0.25, 0.3) is 0 Å². The molecule has 2 aromatic rings. The van der Waals surface area contributed by atoms with Crippen molar-refractivity contribution in [1.82, 2.24) is 0 Å². The van der Waals surface area contributed by atoms with Gasteiger partial charge in [-0.3, -0.25) is 4.79 Å². The number of carbonyl (C=O) groups excluding carboxylic acids is 1. The minimum Gasteiger partial charge on any atom is -0.494 e. The third-order valence-electron chi connectivity index (χ3n) is 4.00. The van der Waals surface area contributed by atoms with Gasteiger partial charge in [-0.25, -0.2) is 9.18 Å². The van der Waals surface area contributed by atoms with E-state index in [1.54, 1.807) is 30.3 Å². The Morgan fingerprint density at radius 2 is 2.12 bits per heavy atom. The number of nitrogens with one attached hydrogen (secondary N) is 1. The minimum absolute atomic E-state index is 0.117. The van der Waals surface area contributed by atoms with Crippen molar-refractivity contribution in [2.75, 3.05) is 19.0 Å². The van der Waals surface area contributed by atoms with Crippen LogP contribution in [-0.2, 0) is 9.59 Å². The first-order valence-corrected chi connectivity index (χ1v) is 7.59. The molecule has 0 spiro atoms. The Morgan fingerprint density at radius 1 is 1.32 bits per heavy atom. The van der Waals surface area contributed by atoms with E-state index in [-0.39, 0.29) is 24.0 Å². The average Bonchev–Trinajstić information content (AvgIpc) is 2.59. The molecule has 7 heteroatoms. The van der Waals surface area contributed by atoms with E-state index in [2.05, 4.69) is 5.32 Å². The molecular weight excluding hydrogens is 329 g/mol. The van der Waals surface area contributed by atoms with Crippen LogP contribution in [0.1, 0.15) is 23.5 Å². The van der Waals surface area contributed by atoms with E-state index in [4.69, 9.17) is 14.6 Å². The lowest BCUT2D eigenvalue weighted by molar-refractivity contribution is -0.139. The highest BCUT2D eigenvalue weighted by molar-refractivity contribution is 5.95. The normalized spacial score (nSPS) is 15.9. The van der Waals surface area contributed by atoms with Gasteiger partial charge in [0.15, 0.2) is 18.2 Å². The third kappa shape index (κ3) is 3.55. The maximum absolute atomic E-state index is 13.6. The number of hydrogen-bond donors (Lipinski definition) is 2. The first-order valence-electron chi connectivity index (χ1n) is 7.59. The maximum Gasteiger partial charge on any atom is 0.341 e. The predicted octanol–water partition coefficient (Wildman–Crippen LogP) is 2.77. The van der Waals surface area contributed by atoms with Gasteiger partial charge in [-0.1, -0.05) is 12.1 Å². The molecule has 0 radical (unpaired) electrons. The summed E-state index contributed by atoms with van der Waals surface area (Å²) in [7, 11) is 1.38. The molecule has 2 N–H and O–H groups in total. The molecule has 0 saturated heterocycles. The van der Waals surface area contributed by atoms with Crippen LogP contribution >= 0.6 is 0 Å². The van der Waals surface area contributed by atoms with Gasteiger partial charge in [-0.05, 0) is 29.3 Å². The van der Waals surface area contributed by atoms with Crippen molar-refractivity contribution in [3.63, 3.8) is 0 Å². The molecule has 1 aliphatic rings. The van der Waals surface area contributed by atoms with Gasteiger partial charge in [-0.15, -0.1) is 0 Å². The van der Waals surface area contributed by atoms with Crippen molar-refractivity contribution >= 4 is 17.6 Å². The van der Waals surface area contributed by atoms with Crippen molar-refractivity contribution in [2.45, 2.75) is 12.3 Å². The number of methoxy groups -OCH3 is 1. The number of hydrogen-bond acceptors (Lipinski definition) is 4. The fourth-order valence-corrected chi connectivity index (χ4v) is 2.87. The summed E-state index contributed by atoms with van der Waals surface area (Å²) in [5.41, 5.74) is 2.15. The molecule has 1 heterocycles. The van der Waals surface area contributed by atoms with Crippen molar-refractivity contribution in [3.05, 3.63) is 53.3 Å². The molecule has 1 amide bonds. The molecule has 25 heavy (non-hydrogen) atoms. The number of fused-ring (bicyclic) bond motifs is 1. The second-order valence-corrected chi connectivity index (χ2v) is 5.63. The molecule has 2 aromatic carbocycles. The number of anilines is 1. The number of carbonyl (C=O) groups is 2. The Bertz CT molecular complexity index is 836. The molecule has 0 saturated carbocycles. The zero-order valence-electron chi connectivity index (χ0n) is 13.4. The first-order chi connectivity index (χ1) is 12.0. The van der Waals surface area contributed by atoms with Gasteiger partial charge in [0.2, 0.25) is 5.91 Å². The summed E-state index contributed by atoms with van der Waals surface area (Å²) in [4.78, 5) is 22.7. The summed E-state index contributed by atoms with van der Waals surface area (Å²) < 4.78 is 23.8. The number of aliphatic carboxylic acids is 1. The molecule has 3 rings (SSSR count). The lowest BCUT2D eigenvalue weighted by Crippen LogP contribution is -2.23. The zero-order chi connectivity index (χ0) is 18.0. The number of benzene rings is 2. The van der Waals surface area contributed by atoms with Crippen LogP contribution in [-0.4, -0.2) is 30.7 Å². The van der Waals surface area contributed by atoms with Gasteiger partial charge in [0.25, 0.3) is 0 Å². The van der Waals surface area contributed by atoms with E-state index in [0.717, 1.165) is 11.1 Å². The van der Waals surface area contributed by atoms with Gasteiger partial charge in [0.1, 0.15) is 5.75 Å². The number of carboxylic acids is 1. The fourth-order valence-electron chi connectivity index (χ4n) is 2.87. The maximum atomic E-state index is 13.6. The average molecular weight is 345 g/mol. The van der Waals surface area contributed by atoms with E-state index < -0.39 is 18.4 Å². The summed E-state index contributed by atoms with van der Waals surface area (Å²) in [5, 5.41) is 11.4. The quantitative estimate of drug-likeness (QED) is 0.870. The highest BCUT2D eigenvalue weighted by Crippen LogP contribution is 2.39. The second-order valence-electron chi connectivity index (χ2n) is 5.63. The molecule has 0 aromatic heterocycles. The van der Waals surface area contributed by atoms with Gasteiger partial charge in [0.05, 0.1) is 7.11 Å². The zero-order valence-corrected chi connectivity index (χ0v) is 13.4.